The Balaban J connectivity index is 2.72. The van der Waals surface area contributed by atoms with Crippen molar-refractivity contribution in [1.82, 2.24) is 5.32 Å². The second kappa shape index (κ2) is 3.11. The number of hydrogen-bond donors (Lipinski definition) is 1. The maximum Gasteiger partial charge on any atom is 0.151 e. The van der Waals surface area contributed by atoms with Crippen molar-refractivity contribution in [3.05, 3.63) is 0 Å². The van der Waals surface area contributed by atoms with Crippen LogP contribution < -0.4 is 5.32 Å². The van der Waals surface area contributed by atoms with Crippen LogP contribution in [0.15, 0.2) is 0 Å². The Morgan fingerprint density at radius 2 is 2.00 bits per heavy atom. The van der Waals surface area contributed by atoms with E-state index in [1.54, 1.807) is 0 Å². The summed E-state index contributed by atoms with van der Waals surface area (Å²) in [5.41, 5.74) is 0. The summed E-state index contributed by atoms with van der Waals surface area (Å²) in [5.74, 6) is 0. The van der Waals surface area contributed by atoms with Crippen LogP contribution in [-0.4, -0.2) is 33.0 Å². The van der Waals surface area contributed by atoms with E-state index < -0.39 is 9.84 Å². The summed E-state index contributed by atoms with van der Waals surface area (Å²) >= 11 is 0. The van der Waals surface area contributed by atoms with Gasteiger partial charge in [-0.3, -0.25) is 0 Å². The Kier molecular flexibility index (Phi) is 2.54. The van der Waals surface area contributed by atoms with Gasteiger partial charge in [0.1, 0.15) is 0 Å². The van der Waals surface area contributed by atoms with Crippen molar-refractivity contribution in [1.29, 1.82) is 0 Å². The molecule has 1 rings (SSSR count). The van der Waals surface area contributed by atoms with Crippen molar-refractivity contribution in [2.45, 2.75) is 30.6 Å². The van der Waals surface area contributed by atoms with Crippen LogP contribution in [0.5, 0.6) is 0 Å². The number of rotatable bonds is 2. The summed E-state index contributed by atoms with van der Waals surface area (Å²) in [6.45, 7) is 0. The molecule has 4 heteroatoms. The van der Waals surface area contributed by atoms with Crippen LogP contribution in [0.2, 0.25) is 0 Å². The zero-order valence-electron chi connectivity index (χ0n) is 7.00. The molecule has 0 amide bonds. The van der Waals surface area contributed by atoms with Gasteiger partial charge in [-0.05, 0) is 19.9 Å². The van der Waals surface area contributed by atoms with E-state index in [-0.39, 0.29) is 11.3 Å². The molecule has 0 spiro atoms. The molecule has 1 fully saturated rings. The van der Waals surface area contributed by atoms with Gasteiger partial charge in [-0.2, -0.15) is 0 Å². The molecule has 0 heterocycles. The van der Waals surface area contributed by atoms with Crippen molar-refractivity contribution < 1.29 is 8.42 Å². The van der Waals surface area contributed by atoms with Crippen LogP contribution in [0.1, 0.15) is 19.3 Å². The summed E-state index contributed by atoms with van der Waals surface area (Å²) in [7, 11) is -0.999. The lowest BCUT2D eigenvalue weighted by atomic mass is 10.2. The highest BCUT2D eigenvalue weighted by Crippen LogP contribution is 2.24. The first-order valence-electron chi connectivity index (χ1n) is 3.92. The normalized spacial score (nSPS) is 32.5. The number of sulfone groups is 1. The molecule has 1 saturated carbocycles. The average Bonchev–Trinajstić information content (AvgIpc) is 2.31. The van der Waals surface area contributed by atoms with E-state index in [4.69, 9.17) is 0 Å². The predicted octanol–water partition coefficient (Wildman–Crippen LogP) is 0.171. The van der Waals surface area contributed by atoms with Gasteiger partial charge in [-0.1, -0.05) is 6.42 Å². The van der Waals surface area contributed by atoms with E-state index in [2.05, 4.69) is 5.32 Å². The zero-order valence-corrected chi connectivity index (χ0v) is 7.82. The summed E-state index contributed by atoms with van der Waals surface area (Å²) in [6.07, 6.45) is 4.18. The molecule has 0 aliphatic heterocycles. The standard InChI is InChI=1S/C7H15NO2S/c1-8-6-4-3-5-7(6)11(2,9)10/h6-8H,3-5H2,1-2H3/t6-,7+/m1/s1. The Bertz CT molecular complexity index is 223. The molecule has 66 valence electrons. The lowest BCUT2D eigenvalue weighted by Crippen LogP contribution is -2.37. The Labute approximate surface area is 68.1 Å². The van der Waals surface area contributed by atoms with Crippen LogP contribution in [-0.2, 0) is 9.84 Å². The fourth-order valence-corrected chi connectivity index (χ4v) is 3.23. The van der Waals surface area contributed by atoms with Crippen LogP contribution >= 0.6 is 0 Å². The van der Waals surface area contributed by atoms with Crippen LogP contribution in [0.3, 0.4) is 0 Å². The molecule has 0 aromatic rings. The Morgan fingerprint density at radius 1 is 1.36 bits per heavy atom. The minimum absolute atomic E-state index is 0.146. The molecule has 0 aromatic heterocycles. The Hall–Kier alpha value is -0.0900. The molecule has 11 heavy (non-hydrogen) atoms. The van der Waals surface area contributed by atoms with E-state index in [0.29, 0.717) is 0 Å². The van der Waals surface area contributed by atoms with Gasteiger partial charge in [-0.25, -0.2) is 8.42 Å². The minimum Gasteiger partial charge on any atom is -0.316 e. The monoisotopic (exact) mass is 177 g/mol. The van der Waals surface area contributed by atoms with Gasteiger partial charge in [0.15, 0.2) is 9.84 Å². The quantitative estimate of drug-likeness (QED) is 0.654. The largest absolute Gasteiger partial charge is 0.316 e. The minimum atomic E-state index is -2.83. The molecule has 0 bridgehead atoms. The first-order chi connectivity index (χ1) is 5.05. The lowest BCUT2D eigenvalue weighted by molar-refractivity contribution is 0.542. The van der Waals surface area contributed by atoms with Gasteiger partial charge in [-0.15, -0.1) is 0 Å². The van der Waals surface area contributed by atoms with Gasteiger partial charge in [0.05, 0.1) is 5.25 Å². The molecule has 0 saturated heterocycles. The van der Waals surface area contributed by atoms with Gasteiger partial charge >= 0.3 is 0 Å². The molecule has 2 atom stereocenters. The molecule has 1 N–H and O–H groups in total. The molecule has 3 nitrogen and oxygen atoms in total. The molecular weight excluding hydrogens is 162 g/mol. The SMILES string of the molecule is CN[C@@H]1CCC[C@@H]1S(C)(=O)=O. The van der Waals surface area contributed by atoms with Crippen LogP contribution in [0.4, 0.5) is 0 Å². The van der Waals surface area contributed by atoms with Gasteiger partial charge in [0, 0.05) is 12.3 Å². The van der Waals surface area contributed by atoms with E-state index >= 15 is 0 Å². The van der Waals surface area contributed by atoms with Crippen molar-refractivity contribution in [3.63, 3.8) is 0 Å². The summed E-state index contributed by atoms with van der Waals surface area (Å²) < 4.78 is 22.3. The van der Waals surface area contributed by atoms with Crippen molar-refractivity contribution in [2.75, 3.05) is 13.3 Å². The van der Waals surface area contributed by atoms with E-state index in [1.165, 1.54) is 6.26 Å². The van der Waals surface area contributed by atoms with Gasteiger partial charge < -0.3 is 5.32 Å². The molecular formula is C7H15NO2S. The molecule has 0 radical (unpaired) electrons. The maximum absolute atomic E-state index is 11.2. The first kappa shape index (κ1) is 9.00. The highest BCUT2D eigenvalue weighted by molar-refractivity contribution is 7.91. The third-order valence-corrected chi connectivity index (χ3v) is 4.04. The fourth-order valence-electron chi connectivity index (χ4n) is 1.77. The first-order valence-corrected chi connectivity index (χ1v) is 5.87. The predicted molar refractivity (Wildman–Crippen MR) is 45.3 cm³/mol. The van der Waals surface area contributed by atoms with Gasteiger partial charge in [0.25, 0.3) is 0 Å². The van der Waals surface area contributed by atoms with Crippen molar-refractivity contribution in [2.24, 2.45) is 0 Å². The number of hydrogen-bond acceptors (Lipinski definition) is 3. The maximum atomic E-state index is 11.2. The molecule has 0 unspecified atom stereocenters. The fraction of sp³-hybridized carbons (Fsp3) is 1.00. The second-order valence-corrected chi connectivity index (χ2v) is 5.46. The van der Waals surface area contributed by atoms with E-state index in [9.17, 15) is 8.42 Å². The second-order valence-electron chi connectivity index (χ2n) is 3.19. The van der Waals surface area contributed by atoms with E-state index in [1.807, 2.05) is 7.05 Å². The van der Waals surface area contributed by atoms with Crippen LogP contribution in [0.25, 0.3) is 0 Å². The van der Waals surface area contributed by atoms with Crippen LogP contribution in [0, 0.1) is 0 Å². The third-order valence-electron chi connectivity index (χ3n) is 2.37. The van der Waals surface area contributed by atoms with Crippen molar-refractivity contribution in [3.8, 4) is 0 Å². The third kappa shape index (κ3) is 1.93. The smallest absolute Gasteiger partial charge is 0.151 e. The highest BCUT2D eigenvalue weighted by atomic mass is 32.2. The lowest BCUT2D eigenvalue weighted by Gasteiger charge is -2.16. The van der Waals surface area contributed by atoms with Crippen molar-refractivity contribution >= 4 is 9.84 Å². The molecule has 1 aliphatic rings. The average molecular weight is 177 g/mol. The Morgan fingerprint density at radius 3 is 2.36 bits per heavy atom. The van der Waals surface area contributed by atoms with Gasteiger partial charge in [0.2, 0.25) is 0 Å². The summed E-state index contributed by atoms with van der Waals surface area (Å²) in [6, 6.07) is 0.185. The zero-order chi connectivity index (χ0) is 8.48. The summed E-state index contributed by atoms with van der Waals surface area (Å²) in [4.78, 5) is 0. The topological polar surface area (TPSA) is 46.2 Å². The molecule has 1 aliphatic carbocycles. The van der Waals surface area contributed by atoms with E-state index in [0.717, 1.165) is 19.3 Å². The molecule has 0 aromatic carbocycles. The number of nitrogens with one attached hydrogen (secondary N) is 1. The highest BCUT2D eigenvalue weighted by Gasteiger charge is 2.33. The summed E-state index contributed by atoms with van der Waals surface area (Å²) in [5, 5.41) is 2.90.